The second-order valence-corrected chi connectivity index (χ2v) is 16.1. The van der Waals surface area contributed by atoms with Gasteiger partial charge in [-0.05, 0) is 105 Å². The molecule has 11 rings (SSSR count). The summed E-state index contributed by atoms with van der Waals surface area (Å²) >= 11 is 1.86. The maximum Gasteiger partial charge on any atom is 0.136 e. The number of hydrogen-bond acceptors (Lipinski definition) is 3. The lowest BCUT2D eigenvalue weighted by Crippen LogP contribution is -2.06. The van der Waals surface area contributed by atoms with Crippen molar-refractivity contribution in [2.75, 3.05) is 0 Å². The molecule has 0 bridgehead atoms. The zero-order valence-electron chi connectivity index (χ0n) is 31.9. The van der Waals surface area contributed by atoms with Crippen molar-refractivity contribution < 1.29 is 4.42 Å². The molecule has 3 heteroatoms. The highest BCUT2D eigenvalue weighted by Gasteiger charge is 2.22. The maximum atomic E-state index is 6.32. The van der Waals surface area contributed by atoms with Crippen LogP contribution in [0.5, 0.6) is 0 Å². The predicted octanol–water partition coefficient (Wildman–Crippen LogP) is 15.5. The lowest BCUT2D eigenvalue weighted by molar-refractivity contribution is 0.669. The van der Waals surface area contributed by atoms with Crippen molar-refractivity contribution in [2.24, 2.45) is 4.99 Å². The van der Waals surface area contributed by atoms with Gasteiger partial charge in [-0.2, -0.15) is 0 Å². The fourth-order valence-corrected chi connectivity index (χ4v) is 9.91. The Labute approximate surface area is 341 Å². The van der Waals surface area contributed by atoms with Crippen LogP contribution >= 0.6 is 11.3 Å². The summed E-state index contributed by atoms with van der Waals surface area (Å²) in [6.45, 7) is 2.21. The van der Waals surface area contributed by atoms with E-state index in [2.05, 4.69) is 195 Å². The van der Waals surface area contributed by atoms with Crippen molar-refractivity contribution >= 4 is 64.7 Å². The Morgan fingerprint density at radius 3 is 1.90 bits per heavy atom. The summed E-state index contributed by atoms with van der Waals surface area (Å²) in [7, 11) is 0. The molecule has 1 unspecified atom stereocenters. The molecule has 10 aromatic rings. The van der Waals surface area contributed by atoms with Crippen LogP contribution in [0.2, 0.25) is 0 Å². The van der Waals surface area contributed by atoms with Crippen LogP contribution in [0.15, 0.2) is 215 Å². The number of benzene rings is 8. The lowest BCUT2D eigenvalue weighted by atomic mass is 9.92. The van der Waals surface area contributed by atoms with Crippen LogP contribution in [-0.2, 0) is 0 Å². The van der Waals surface area contributed by atoms with Crippen molar-refractivity contribution in [3.05, 3.63) is 222 Å². The number of thiophene rings is 1. The summed E-state index contributed by atoms with van der Waals surface area (Å²) < 4.78 is 8.87. The molecule has 0 radical (unpaired) electrons. The molecule has 0 aliphatic carbocycles. The SMILES string of the molecule is CC1=C(c2cccc3oc4ccccc4c23)C=CC(c2ccc3c(c2)sc2cccc(-c4cccc(-c5cccc(-c6ccccc6)c5)c4)c23)N=C1c1ccccc1. The van der Waals surface area contributed by atoms with Gasteiger partial charge >= 0.3 is 0 Å². The standard InChI is InChI=1S/C55H37NOS/c1-35-43(45-24-12-26-50-53(45)46-22-8-9-25-49(46)57-50)30-31-48(56-55(35)37-16-6-3-7-17-37)42-28-29-47-52(34-42)58-51-27-13-23-44(54(47)51)41-21-11-20-40(33-41)39-19-10-18-38(32-39)36-14-4-2-5-15-36/h2-34,48H,1H3. The van der Waals surface area contributed by atoms with Gasteiger partial charge in [0.2, 0.25) is 0 Å². The van der Waals surface area contributed by atoms with E-state index in [0.29, 0.717) is 0 Å². The van der Waals surface area contributed by atoms with Crippen molar-refractivity contribution in [1.29, 1.82) is 0 Å². The van der Waals surface area contributed by atoms with Gasteiger partial charge in [-0.25, -0.2) is 0 Å². The van der Waals surface area contributed by atoms with E-state index in [1.807, 2.05) is 23.5 Å². The number of fused-ring (bicyclic) bond motifs is 6. The average molecular weight is 760 g/mol. The molecular weight excluding hydrogens is 723 g/mol. The van der Waals surface area contributed by atoms with E-state index in [1.54, 1.807) is 0 Å². The minimum absolute atomic E-state index is 0.166. The Kier molecular flexibility index (Phi) is 8.34. The Hall–Kier alpha value is -7.07. The maximum absolute atomic E-state index is 6.32. The molecule has 8 aromatic carbocycles. The number of rotatable bonds is 6. The third-order valence-electron chi connectivity index (χ3n) is 11.6. The van der Waals surface area contributed by atoms with Gasteiger partial charge < -0.3 is 4.42 Å². The van der Waals surface area contributed by atoms with Gasteiger partial charge in [0.25, 0.3) is 0 Å². The Balaban J connectivity index is 1.00. The van der Waals surface area contributed by atoms with E-state index in [9.17, 15) is 0 Å². The van der Waals surface area contributed by atoms with E-state index in [4.69, 9.17) is 9.41 Å². The minimum Gasteiger partial charge on any atom is -0.456 e. The van der Waals surface area contributed by atoms with Gasteiger partial charge in [0.05, 0.1) is 11.8 Å². The third kappa shape index (κ3) is 5.91. The van der Waals surface area contributed by atoms with Crippen molar-refractivity contribution in [1.82, 2.24) is 0 Å². The highest BCUT2D eigenvalue weighted by Crippen LogP contribution is 2.43. The number of allylic oxidation sites excluding steroid dienone is 3. The van der Waals surface area contributed by atoms with E-state index < -0.39 is 0 Å². The molecule has 3 heterocycles. The summed E-state index contributed by atoms with van der Waals surface area (Å²) in [5.41, 5.74) is 15.9. The molecule has 0 fully saturated rings. The van der Waals surface area contributed by atoms with E-state index in [-0.39, 0.29) is 6.04 Å². The first-order valence-corrected chi connectivity index (χ1v) is 20.6. The molecule has 58 heavy (non-hydrogen) atoms. The fourth-order valence-electron chi connectivity index (χ4n) is 8.72. The summed E-state index contributed by atoms with van der Waals surface area (Å²) in [4.78, 5) is 5.55. The monoisotopic (exact) mass is 759 g/mol. The summed E-state index contributed by atoms with van der Waals surface area (Å²) in [6.07, 6.45) is 4.56. The smallest absolute Gasteiger partial charge is 0.136 e. The second kappa shape index (κ2) is 14.1. The van der Waals surface area contributed by atoms with Crippen LogP contribution in [0.1, 0.15) is 29.7 Å². The number of furan rings is 1. The molecule has 0 spiro atoms. The van der Waals surface area contributed by atoms with Crippen LogP contribution in [0.3, 0.4) is 0 Å². The molecule has 1 aliphatic rings. The van der Waals surface area contributed by atoms with Crippen molar-refractivity contribution in [3.8, 4) is 33.4 Å². The van der Waals surface area contributed by atoms with E-state index >= 15 is 0 Å². The van der Waals surface area contributed by atoms with Crippen LogP contribution < -0.4 is 0 Å². The Morgan fingerprint density at radius 1 is 0.466 bits per heavy atom. The fraction of sp³-hybridized carbons (Fsp3) is 0.0364. The normalized spacial score (nSPS) is 14.4. The highest BCUT2D eigenvalue weighted by molar-refractivity contribution is 7.26. The zero-order chi connectivity index (χ0) is 38.6. The zero-order valence-corrected chi connectivity index (χ0v) is 32.7. The van der Waals surface area contributed by atoms with Gasteiger partial charge in [-0.15, -0.1) is 11.3 Å². The summed E-state index contributed by atoms with van der Waals surface area (Å²) in [5.74, 6) is 0. The number of nitrogens with zero attached hydrogens (tertiary/aromatic N) is 1. The van der Waals surface area contributed by atoms with Gasteiger partial charge in [0, 0.05) is 30.9 Å². The summed E-state index contributed by atoms with van der Waals surface area (Å²) in [5, 5.41) is 4.83. The van der Waals surface area contributed by atoms with Crippen LogP contribution in [0, 0.1) is 0 Å². The molecule has 2 nitrogen and oxygen atoms in total. The molecular formula is C55H37NOS. The average Bonchev–Trinajstić information content (AvgIpc) is 3.81. The van der Waals surface area contributed by atoms with Gasteiger partial charge in [0.15, 0.2) is 0 Å². The van der Waals surface area contributed by atoms with Crippen LogP contribution in [0.25, 0.3) is 81.1 Å². The molecule has 2 aromatic heterocycles. The first-order valence-electron chi connectivity index (χ1n) is 19.8. The molecule has 0 amide bonds. The quantitative estimate of drug-likeness (QED) is 0.166. The Bertz CT molecular complexity index is 3290. The highest BCUT2D eigenvalue weighted by atomic mass is 32.1. The Morgan fingerprint density at radius 2 is 1.09 bits per heavy atom. The lowest BCUT2D eigenvalue weighted by Gasteiger charge is -2.14. The van der Waals surface area contributed by atoms with E-state index in [1.165, 1.54) is 59.1 Å². The van der Waals surface area contributed by atoms with Gasteiger partial charge in [0.1, 0.15) is 11.2 Å². The molecule has 0 saturated heterocycles. The minimum atomic E-state index is -0.166. The molecule has 0 N–H and O–H groups in total. The number of hydrogen-bond donors (Lipinski definition) is 0. The largest absolute Gasteiger partial charge is 0.456 e. The van der Waals surface area contributed by atoms with Gasteiger partial charge in [-0.1, -0.05) is 164 Å². The van der Waals surface area contributed by atoms with Crippen LogP contribution in [-0.4, -0.2) is 5.71 Å². The third-order valence-corrected chi connectivity index (χ3v) is 12.7. The van der Waals surface area contributed by atoms with Crippen molar-refractivity contribution in [3.63, 3.8) is 0 Å². The molecule has 1 atom stereocenters. The molecule has 274 valence electrons. The second-order valence-electron chi connectivity index (χ2n) is 15.0. The van der Waals surface area contributed by atoms with Crippen molar-refractivity contribution in [2.45, 2.75) is 13.0 Å². The summed E-state index contributed by atoms with van der Waals surface area (Å²) in [6, 6.07) is 67.3. The topological polar surface area (TPSA) is 25.5 Å². The number of aliphatic imine (C=N–C) groups is 1. The molecule has 1 aliphatic heterocycles. The van der Waals surface area contributed by atoms with Crippen LogP contribution in [0.4, 0.5) is 0 Å². The van der Waals surface area contributed by atoms with E-state index in [0.717, 1.165) is 49.9 Å². The predicted molar refractivity (Wildman–Crippen MR) is 247 cm³/mol. The first kappa shape index (κ1) is 34.2. The number of para-hydroxylation sites is 1. The first-order chi connectivity index (χ1) is 28.7. The van der Waals surface area contributed by atoms with Gasteiger partial charge in [-0.3, -0.25) is 4.99 Å². The molecule has 0 saturated carbocycles.